The maximum Gasteiger partial charge on any atom is 0.408 e. The SMILES string of the molecule is CCOP(=O)(OCC)C(O)C(CCC(=O)N1CCN(C(=O)O)Cc2ccccc21)NC(=O)C(CC1CCCCC1)NC(=O)OCc1cccc(Cl)c1. The number of aliphatic hydroxyl groups is 1. The normalized spacial score (nSPS) is 16.9. The van der Waals surface area contributed by atoms with Crippen LogP contribution in [0.2, 0.25) is 5.02 Å². The summed E-state index contributed by atoms with van der Waals surface area (Å²) in [7, 11) is -4.21. The number of rotatable bonds is 16. The number of alkyl carbamates (subject to hydrolysis) is 1. The first kappa shape index (κ1) is 41.1. The van der Waals surface area contributed by atoms with E-state index in [2.05, 4.69) is 10.6 Å². The van der Waals surface area contributed by atoms with Crippen LogP contribution in [0.3, 0.4) is 0 Å². The van der Waals surface area contributed by atoms with Crippen molar-refractivity contribution in [1.29, 1.82) is 0 Å². The van der Waals surface area contributed by atoms with Gasteiger partial charge in [-0.25, -0.2) is 9.59 Å². The number of aliphatic hydroxyl groups excluding tert-OH is 1. The van der Waals surface area contributed by atoms with Crippen molar-refractivity contribution in [2.24, 2.45) is 5.92 Å². The van der Waals surface area contributed by atoms with Crippen LogP contribution in [0.4, 0.5) is 15.3 Å². The Labute approximate surface area is 309 Å². The van der Waals surface area contributed by atoms with Gasteiger partial charge in [0.25, 0.3) is 0 Å². The molecule has 1 saturated carbocycles. The molecule has 4 rings (SSSR count). The van der Waals surface area contributed by atoms with Crippen LogP contribution >= 0.6 is 19.2 Å². The Morgan fingerprint density at radius 3 is 2.37 bits per heavy atom. The molecule has 1 heterocycles. The van der Waals surface area contributed by atoms with Crippen molar-refractivity contribution in [2.75, 3.05) is 31.2 Å². The quantitative estimate of drug-likeness (QED) is 0.142. The number of ether oxygens (including phenoxy) is 1. The van der Waals surface area contributed by atoms with Gasteiger partial charge >= 0.3 is 19.8 Å². The molecular weight excluding hydrogens is 715 g/mol. The Morgan fingerprint density at radius 1 is 0.981 bits per heavy atom. The molecule has 0 aromatic heterocycles. The van der Waals surface area contributed by atoms with Crippen LogP contribution in [-0.4, -0.2) is 83.3 Å². The number of halogens is 1. The van der Waals surface area contributed by atoms with E-state index < -0.39 is 49.5 Å². The number of para-hydroxylation sites is 1. The molecular formula is C36H50ClN4O10P. The summed E-state index contributed by atoms with van der Waals surface area (Å²) < 4.78 is 30.1. The van der Waals surface area contributed by atoms with Crippen molar-refractivity contribution in [2.45, 2.75) is 96.3 Å². The van der Waals surface area contributed by atoms with E-state index in [9.17, 15) is 34.0 Å². The first-order chi connectivity index (χ1) is 24.9. The summed E-state index contributed by atoms with van der Waals surface area (Å²) in [5.74, 6) is -2.75. The monoisotopic (exact) mass is 764 g/mol. The van der Waals surface area contributed by atoms with E-state index in [1.54, 1.807) is 62.4 Å². The van der Waals surface area contributed by atoms with Gasteiger partial charge in [-0.2, -0.15) is 0 Å². The summed E-state index contributed by atoms with van der Waals surface area (Å²) in [5.41, 5.74) is 1.87. The highest BCUT2D eigenvalue weighted by Crippen LogP contribution is 2.53. The van der Waals surface area contributed by atoms with E-state index in [0.29, 0.717) is 28.3 Å². The van der Waals surface area contributed by atoms with Crippen LogP contribution in [0.1, 0.15) is 76.3 Å². The van der Waals surface area contributed by atoms with Gasteiger partial charge in [0, 0.05) is 30.2 Å². The standard InChI is InChI=1S/C36H50ClN4O10P/c1-3-50-52(48,51-4-2)34(44)29(17-18-32(42)41-20-19-40(36(46)47)23-27-14-8-9-16-31(27)41)38-33(43)30(22-25-11-6-5-7-12-25)39-35(45)49-24-26-13-10-15-28(37)21-26/h8-10,13-16,21,25,29-30,34,44H,3-7,11-12,17-20,22-24H2,1-2H3,(H,38,43)(H,39,45)(H,46,47). The smallest absolute Gasteiger partial charge is 0.408 e. The summed E-state index contributed by atoms with van der Waals surface area (Å²) in [5, 5.41) is 27.1. The molecule has 0 saturated heterocycles. The van der Waals surface area contributed by atoms with Gasteiger partial charge < -0.3 is 44.4 Å². The Morgan fingerprint density at radius 2 is 1.69 bits per heavy atom. The third-order valence-electron chi connectivity index (χ3n) is 9.27. The first-order valence-corrected chi connectivity index (χ1v) is 19.8. The number of anilines is 1. The molecule has 1 fully saturated rings. The predicted molar refractivity (Wildman–Crippen MR) is 195 cm³/mol. The molecule has 0 radical (unpaired) electrons. The second-order valence-electron chi connectivity index (χ2n) is 13.0. The summed E-state index contributed by atoms with van der Waals surface area (Å²) in [4.78, 5) is 55.4. The molecule has 3 unspecified atom stereocenters. The third-order valence-corrected chi connectivity index (χ3v) is 11.7. The van der Waals surface area contributed by atoms with Gasteiger partial charge in [-0.05, 0) is 61.9 Å². The highest BCUT2D eigenvalue weighted by molar-refractivity contribution is 7.54. The highest BCUT2D eigenvalue weighted by Gasteiger charge is 2.42. The van der Waals surface area contributed by atoms with Crippen molar-refractivity contribution in [3.8, 4) is 0 Å². The molecule has 0 spiro atoms. The molecule has 14 nitrogen and oxygen atoms in total. The van der Waals surface area contributed by atoms with Crippen LogP contribution in [0, 0.1) is 5.92 Å². The van der Waals surface area contributed by atoms with E-state index in [1.165, 1.54) is 9.80 Å². The minimum Gasteiger partial charge on any atom is -0.465 e. The second kappa shape index (κ2) is 20.0. The largest absolute Gasteiger partial charge is 0.465 e. The lowest BCUT2D eigenvalue weighted by molar-refractivity contribution is -0.125. The van der Waals surface area contributed by atoms with E-state index in [-0.39, 0.29) is 58.2 Å². The van der Waals surface area contributed by atoms with E-state index in [1.807, 2.05) is 0 Å². The average Bonchev–Trinajstić information content (AvgIpc) is 3.33. The van der Waals surface area contributed by atoms with E-state index >= 15 is 0 Å². The minimum atomic E-state index is -4.21. The van der Waals surface area contributed by atoms with Crippen molar-refractivity contribution < 1.29 is 47.7 Å². The third kappa shape index (κ3) is 11.7. The fourth-order valence-electron chi connectivity index (χ4n) is 6.67. The lowest BCUT2D eigenvalue weighted by Crippen LogP contribution is -2.53. The molecule has 16 heteroatoms. The number of carbonyl (C=O) groups excluding carboxylic acids is 3. The molecule has 52 heavy (non-hydrogen) atoms. The Kier molecular flexibility index (Phi) is 15.8. The van der Waals surface area contributed by atoms with Gasteiger partial charge in [0.2, 0.25) is 11.8 Å². The maximum absolute atomic E-state index is 14.0. The zero-order chi connectivity index (χ0) is 37.7. The highest BCUT2D eigenvalue weighted by atomic mass is 35.5. The van der Waals surface area contributed by atoms with Gasteiger partial charge in [-0.1, -0.05) is 74.0 Å². The average molecular weight is 765 g/mol. The summed E-state index contributed by atoms with van der Waals surface area (Å²) in [6, 6.07) is 11.5. The number of benzene rings is 2. The number of fused-ring (bicyclic) bond motifs is 1. The minimum absolute atomic E-state index is 0.0527. The molecule has 1 aliphatic heterocycles. The summed E-state index contributed by atoms with van der Waals surface area (Å²) in [6.45, 7) is 3.26. The van der Waals surface area contributed by atoms with Crippen LogP contribution in [0.25, 0.3) is 0 Å². The van der Waals surface area contributed by atoms with Crippen molar-refractivity contribution in [3.63, 3.8) is 0 Å². The van der Waals surface area contributed by atoms with E-state index in [0.717, 1.165) is 32.1 Å². The first-order valence-electron chi connectivity index (χ1n) is 17.8. The number of hydrogen-bond acceptors (Lipinski definition) is 9. The lowest BCUT2D eigenvalue weighted by Gasteiger charge is -2.32. The summed E-state index contributed by atoms with van der Waals surface area (Å²) >= 11 is 6.06. The molecule has 3 atom stereocenters. The number of nitrogens with zero attached hydrogens (tertiary/aromatic N) is 2. The summed E-state index contributed by atoms with van der Waals surface area (Å²) in [6.07, 6.45) is 2.82. The number of nitrogens with one attached hydrogen (secondary N) is 2. The van der Waals surface area contributed by atoms with Gasteiger partial charge in [0.05, 0.1) is 25.8 Å². The molecule has 4 N–H and O–H groups in total. The molecule has 2 aromatic rings. The van der Waals surface area contributed by atoms with Crippen LogP contribution in [0.15, 0.2) is 48.5 Å². The van der Waals surface area contributed by atoms with E-state index in [4.69, 9.17) is 25.4 Å². The molecule has 1 aliphatic carbocycles. The fraction of sp³-hybridized carbons (Fsp3) is 0.556. The van der Waals surface area contributed by atoms with Gasteiger partial charge in [0.1, 0.15) is 12.6 Å². The predicted octanol–water partition coefficient (Wildman–Crippen LogP) is 6.28. The Hall–Kier alpha value is -3.68. The zero-order valence-corrected chi connectivity index (χ0v) is 31.4. The fourth-order valence-corrected chi connectivity index (χ4v) is 8.64. The lowest BCUT2D eigenvalue weighted by atomic mass is 9.84. The molecule has 2 aliphatic rings. The molecule has 0 bridgehead atoms. The van der Waals surface area contributed by atoms with Crippen LogP contribution < -0.4 is 15.5 Å². The van der Waals surface area contributed by atoms with Gasteiger partial charge in [-0.15, -0.1) is 0 Å². The topological polar surface area (TPSA) is 184 Å². The zero-order valence-electron chi connectivity index (χ0n) is 29.7. The molecule has 2 aromatic carbocycles. The van der Waals surface area contributed by atoms with Crippen molar-refractivity contribution >= 4 is 48.9 Å². The van der Waals surface area contributed by atoms with Crippen LogP contribution in [-0.2, 0) is 41.1 Å². The van der Waals surface area contributed by atoms with Crippen molar-refractivity contribution in [1.82, 2.24) is 15.5 Å². The Balaban J connectivity index is 1.55. The van der Waals surface area contributed by atoms with Crippen molar-refractivity contribution in [3.05, 3.63) is 64.7 Å². The number of amides is 4. The van der Waals surface area contributed by atoms with Gasteiger partial charge in [-0.3, -0.25) is 14.2 Å². The number of carboxylic acid groups (broad SMARTS) is 1. The maximum atomic E-state index is 14.0. The number of hydrogen-bond donors (Lipinski definition) is 4. The second-order valence-corrected chi connectivity index (χ2v) is 15.5. The van der Waals surface area contributed by atoms with Crippen LogP contribution in [0.5, 0.6) is 0 Å². The number of carbonyl (C=O) groups is 4. The molecule has 286 valence electrons. The Bertz CT molecular complexity index is 1570. The van der Waals surface area contributed by atoms with Gasteiger partial charge in [0.15, 0.2) is 5.85 Å². The molecule has 4 amide bonds.